The van der Waals surface area contributed by atoms with Gasteiger partial charge >= 0.3 is 0 Å². The van der Waals surface area contributed by atoms with Gasteiger partial charge in [-0.2, -0.15) is 5.26 Å². The second kappa shape index (κ2) is 10.2. The Kier molecular flexibility index (Phi) is 6.67. The molecular formula is C29H24ClN3O2. The molecule has 1 aromatic heterocycles. The number of halogens is 1. The highest BCUT2D eigenvalue weighted by Gasteiger charge is 2.29. The molecule has 1 amide bonds. The summed E-state index contributed by atoms with van der Waals surface area (Å²) in [6.45, 7) is 1.25. The van der Waals surface area contributed by atoms with Crippen LogP contribution in [0, 0.1) is 11.3 Å². The van der Waals surface area contributed by atoms with E-state index in [1.807, 2.05) is 65.2 Å². The van der Waals surface area contributed by atoms with Crippen molar-refractivity contribution in [1.82, 2.24) is 4.57 Å². The third-order valence-corrected chi connectivity index (χ3v) is 6.49. The first-order chi connectivity index (χ1) is 17.2. The van der Waals surface area contributed by atoms with Crippen molar-refractivity contribution in [3.05, 3.63) is 101 Å². The summed E-state index contributed by atoms with van der Waals surface area (Å²) in [6.07, 6.45) is 1.93. The average molecular weight is 482 g/mol. The molecular weight excluding hydrogens is 458 g/mol. The highest BCUT2D eigenvalue weighted by Crippen LogP contribution is 2.42. The molecule has 1 aliphatic heterocycles. The number of hydrogen-bond acceptors (Lipinski definition) is 3. The molecule has 5 nitrogen and oxygen atoms in total. The van der Waals surface area contributed by atoms with Gasteiger partial charge in [-0.05, 0) is 48.2 Å². The summed E-state index contributed by atoms with van der Waals surface area (Å²) in [5.41, 5.74) is 4.45. The first-order valence-electron chi connectivity index (χ1n) is 11.6. The largest absolute Gasteiger partial charge is 0.376 e. The van der Waals surface area contributed by atoms with Crippen molar-refractivity contribution < 1.29 is 9.53 Å². The molecule has 1 atom stereocenters. The lowest BCUT2D eigenvalue weighted by Crippen LogP contribution is -2.21. The minimum absolute atomic E-state index is 0.00575. The predicted molar refractivity (Wildman–Crippen MR) is 138 cm³/mol. The number of rotatable bonds is 6. The second-order valence-electron chi connectivity index (χ2n) is 8.50. The van der Waals surface area contributed by atoms with Crippen LogP contribution in [0.2, 0.25) is 5.02 Å². The third-order valence-electron chi connectivity index (χ3n) is 6.23. The number of carbonyl (C=O) groups excluding carboxylic acids is 1. The number of benzene rings is 3. The summed E-state index contributed by atoms with van der Waals surface area (Å²) in [5, 5.41) is 14.0. The van der Waals surface area contributed by atoms with Crippen LogP contribution >= 0.6 is 11.6 Å². The summed E-state index contributed by atoms with van der Waals surface area (Å²) >= 11 is 6.01. The highest BCUT2D eigenvalue weighted by molar-refractivity contribution is 6.30. The maximum atomic E-state index is 13.3. The maximum absolute atomic E-state index is 13.3. The Hall–Kier alpha value is -3.85. The highest BCUT2D eigenvalue weighted by atomic mass is 35.5. The lowest BCUT2D eigenvalue weighted by Gasteiger charge is -2.18. The van der Waals surface area contributed by atoms with Gasteiger partial charge in [0.2, 0.25) is 0 Å². The van der Waals surface area contributed by atoms with Gasteiger partial charge < -0.3 is 14.6 Å². The van der Waals surface area contributed by atoms with Crippen LogP contribution in [0.15, 0.2) is 84.9 Å². The van der Waals surface area contributed by atoms with Crippen LogP contribution < -0.4 is 5.32 Å². The molecule has 1 fully saturated rings. The lowest BCUT2D eigenvalue weighted by atomic mass is 9.98. The van der Waals surface area contributed by atoms with Crippen LogP contribution in [0.1, 0.15) is 28.8 Å². The minimum atomic E-state index is -0.302. The zero-order valence-electron chi connectivity index (χ0n) is 19.1. The summed E-state index contributed by atoms with van der Waals surface area (Å²) < 4.78 is 8.00. The lowest BCUT2D eigenvalue weighted by molar-refractivity contribution is 0.0969. The molecule has 35 heavy (non-hydrogen) atoms. The van der Waals surface area contributed by atoms with E-state index in [-0.39, 0.29) is 12.0 Å². The Morgan fingerprint density at radius 3 is 2.26 bits per heavy atom. The predicted octanol–water partition coefficient (Wildman–Crippen LogP) is 6.78. The first kappa shape index (κ1) is 22.9. The van der Waals surface area contributed by atoms with Gasteiger partial charge in [0.05, 0.1) is 18.3 Å². The molecule has 0 radical (unpaired) electrons. The number of nitrogens with one attached hydrogen (secondary N) is 1. The molecule has 0 spiro atoms. The molecule has 1 saturated heterocycles. The fourth-order valence-corrected chi connectivity index (χ4v) is 4.72. The van der Waals surface area contributed by atoms with Crippen molar-refractivity contribution in [2.45, 2.75) is 25.5 Å². The number of anilines is 1. The van der Waals surface area contributed by atoms with Crippen LogP contribution in [0.3, 0.4) is 0 Å². The SMILES string of the molecule is N#Cc1c(-c2ccccc2)c(-c2ccccc2)n(CC2CCCO2)c1NC(=O)c1ccc(Cl)cc1. The van der Waals surface area contributed by atoms with Crippen molar-refractivity contribution in [3.63, 3.8) is 0 Å². The van der Waals surface area contributed by atoms with Gasteiger partial charge in [-0.1, -0.05) is 72.3 Å². The van der Waals surface area contributed by atoms with Crippen molar-refractivity contribution in [3.8, 4) is 28.5 Å². The van der Waals surface area contributed by atoms with Crippen molar-refractivity contribution >= 4 is 23.3 Å². The number of ether oxygens (including phenoxy) is 1. The molecule has 3 aromatic carbocycles. The Labute approximate surface area is 209 Å². The van der Waals surface area contributed by atoms with E-state index in [2.05, 4.69) is 11.4 Å². The standard InChI is InChI=1S/C29H24ClN3O2/c30-23-15-13-22(14-16-23)29(34)32-28-25(18-31)26(20-8-3-1-4-9-20)27(21-10-5-2-6-11-21)33(28)19-24-12-7-17-35-24/h1-6,8-11,13-16,24H,7,12,17,19H2,(H,32,34). The van der Waals surface area contributed by atoms with Crippen LogP contribution in [0.25, 0.3) is 22.4 Å². The van der Waals surface area contributed by atoms with Crippen LogP contribution in [-0.4, -0.2) is 23.2 Å². The Balaban J connectivity index is 1.72. The Morgan fingerprint density at radius 2 is 1.66 bits per heavy atom. The van der Waals surface area contributed by atoms with Crippen molar-refractivity contribution in [1.29, 1.82) is 5.26 Å². The normalized spacial score (nSPS) is 15.0. The molecule has 4 aromatic rings. The molecule has 2 heterocycles. The van der Waals surface area contributed by atoms with Crippen molar-refractivity contribution in [2.75, 3.05) is 11.9 Å². The monoisotopic (exact) mass is 481 g/mol. The topological polar surface area (TPSA) is 67.1 Å². The van der Waals surface area contributed by atoms with Gasteiger partial charge in [0.15, 0.2) is 0 Å². The van der Waals surface area contributed by atoms with Gasteiger partial charge in [0, 0.05) is 22.8 Å². The van der Waals surface area contributed by atoms with Crippen LogP contribution in [0.4, 0.5) is 5.82 Å². The van der Waals surface area contributed by atoms with Crippen molar-refractivity contribution in [2.24, 2.45) is 0 Å². The summed E-state index contributed by atoms with van der Waals surface area (Å²) in [4.78, 5) is 13.3. The first-order valence-corrected chi connectivity index (χ1v) is 12.0. The molecule has 174 valence electrons. The van der Waals surface area contributed by atoms with E-state index in [4.69, 9.17) is 16.3 Å². The molecule has 1 aliphatic rings. The number of carbonyl (C=O) groups is 1. The quantitative estimate of drug-likeness (QED) is 0.330. The number of nitrogens with zero attached hydrogens (tertiary/aromatic N) is 2. The zero-order chi connectivity index (χ0) is 24.2. The Morgan fingerprint density at radius 1 is 1.00 bits per heavy atom. The minimum Gasteiger partial charge on any atom is -0.376 e. The smallest absolute Gasteiger partial charge is 0.256 e. The summed E-state index contributed by atoms with van der Waals surface area (Å²) in [5.74, 6) is 0.170. The fourth-order valence-electron chi connectivity index (χ4n) is 4.59. The van der Waals surface area contributed by atoms with Gasteiger partial charge in [0.25, 0.3) is 5.91 Å². The van der Waals surface area contributed by atoms with Gasteiger partial charge in [-0.15, -0.1) is 0 Å². The molecule has 0 saturated carbocycles. The second-order valence-corrected chi connectivity index (χ2v) is 8.93. The van der Waals surface area contributed by atoms with Gasteiger partial charge in [0.1, 0.15) is 17.5 Å². The van der Waals surface area contributed by atoms with Gasteiger partial charge in [-0.25, -0.2) is 0 Å². The number of nitriles is 1. The molecule has 1 unspecified atom stereocenters. The third kappa shape index (κ3) is 4.72. The van der Waals surface area contributed by atoms with E-state index in [9.17, 15) is 10.1 Å². The maximum Gasteiger partial charge on any atom is 0.256 e. The number of aromatic nitrogens is 1. The molecule has 0 bridgehead atoms. The van der Waals surface area contributed by atoms with Gasteiger partial charge in [-0.3, -0.25) is 4.79 Å². The van der Waals surface area contributed by atoms with Crippen LogP contribution in [0.5, 0.6) is 0 Å². The number of hydrogen-bond donors (Lipinski definition) is 1. The van der Waals surface area contributed by atoms with E-state index >= 15 is 0 Å². The zero-order valence-corrected chi connectivity index (χ0v) is 19.8. The fraction of sp³-hybridized carbons (Fsp3) is 0.172. The van der Waals surface area contributed by atoms with E-state index in [0.717, 1.165) is 41.8 Å². The Bertz CT molecular complexity index is 1370. The summed E-state index contributed by atoms with van der Waals surface area (Å²) in [6, 6.07) is 28.9. The average Bonchev–Trinajstić information content (AvgIpc) is 3.52. The molecule has 1 N–H and O–H groups in total. The van der Waals surface area contributed by atoms with E-state index in [1.54, 1.807) is 24.3 Å². The molecule has 5 rings (SSSR count). The van der Waals surface area contributed by atoms with E-state index in [1.165, 1.54) is 0 Å². The van der Waals surface area contributed by atoms with E-state index < -0.39 is 0 Å². The van der Waals surface area contributed by atoms with E-state index in [0.29, 0.717) is 28.5 Å². The molecule has 6 heteroatoms. The number of amides is 1. The van der Waals surface area contributed by atoms with Crippen LogP contribution in [-0.2, 0) is 11.3 Å². The summed E-state index contributed by atoms with van der Waals surface area (Å²) in [7, 11) is 0. The molecule has 0 aliphatic carbocycles.